The van der Waals surface area contributed by atoms with Crippen molar-refractivity contribution in [2.75, 3.05) is 19.7 Å². The molecule has 2 saturated carbocycles. The smallest absolute Gasteiger partial charge is 0.222 e. The minimum atomic E-state index is -1.72. The quantitative estimate of drug-likeness (QED) is 0.102. The number of hydrogen-bond acceptors (Lipinski definition) is 9. The summed E-state index contributed by atoms with van der Waals surface area (Å²) in [5.41, 5.74) is 7.02. The average Bonchev–Trinajstić information content (AvgIpc) is 4.08. The molecule has 272 valence electrons. The van der Waals surface area contributed by atoms with Gasteiger partial charge in [-0.2, -0.15) is 0 Å². The van der Waals surface area contributed by atoms with Crippen molar-refractivity contribution >= 4 is 5.91 Å². The van der Waals surface area contributed by atoms with Gasteiger partial charge in [0.25, 0.3) is 0 Å². The largest absolute Gasteiger partial charge is 0.490 e. The molecule has 1 aromatic heterocycles. The number of amides is 1. The molecule has 0 saturated heterocycles. The second-order valence-corrected chi connectivity index (χ2v) is 14.3. The van der Waals surface area contributed by atoms with Crippen LogP contribution in [-0.4, -0.2) is 91.5 Å². The van der Waals surface area contributed by atoms with Crippen LogP contribution in [0.1, 0.15) is 93.4 Å². The molecular weight excluding hydrogens is 634 g/mol. The summed E-state index contributed by atoms with van der Waals surface area (Å²) >= 11 is 0. The third-order valence-electron chi connectivity index (χ3n) is 10.2. The van der Waals surface area contributed by atoms with Gasteiger partial charge >= 0.3 is 0 Å². The third kappa shape index (κ3) is 9.48. The summed E-state index contributed by atoms with van der Waals surface area (Å²) in [5.74, 6) is 1.02. The first-order chi connectivity index (χ1) is 24.1. The van der Waals surface area contributed by atoms with E-state index in [-0.39, 0.29) is 23.9 Å². The number of aryl methyl sites for hydroxylation is 1. The van der Waals surface area contributed by atoms with Crippen LogP contribution in [0.3, 0.4) is 0 Å². The van der Waals surface area contributed by atoms with E-state index in [1.807, 2.05) is 25.4 Å². The van der Waals surface area contributed by atoms with Crippen molar-refractivity contribution in [3.8, 4) is 16.9 Å². The highest BCUT2D eigenvalue weighted by Crippen LogP contribution is 2.50. The molecule has 10 nitrogen and oxygen atoms in total. The lowest BCUT2D eigenvalue weighted by Crippen LogP contribution is -2.50. The predicted octanol–water partition coefficient (Wildman–Crippen LogP) is 4.33. The van der Waals surface area contributed by atoms with Gasteiger partial charge in [-0.1, -0.05) is 50.2 Å². The van der Waals surface area contributed by atoms with Gasteiger partial charge in [0, 0.05) is 49.6 Å². The van der Waals surface area contributed by atoms with E-state index in [0.717, 1.165) is 55.5 Å². The van der Waals surface area contributed by atoms with Crippen molar-refractivity contribution < 1.29 is 35.1 Å². The van der Waals surface area contributed by atoms with Crippen LogP contribution in [0, 0.1) is 6.92 Å². The molecule has 2 aromatic carbocycles. The molecule has 6 N–H and O–H groups in total. The fraction of sp³-hybridized carbons (Fsp3) is 0.550. The number of para-hydroxylation sites is 1. The lowest BCUT2D eigenvalue weighted by atomic mass is 9.91. The number of aliphatic hydroxyl groups is 5. The normalized spacial score (nSPS) is 18.2. The first-order valence-corrected chi connectivity index (χ1v) is 18.2. The molecule has 5 rings (SSSR count). The minimum absolute atomic E-state index is 0.137. The summed E-state index contributed by atoms with van der Waals surface area (Å²) in [7, 11) is 0. The van der Waals surface area contributed by atoms with E-state index in [0.29, 0.717) is 31.9 Å². The zero-order chi connectivity index (χ0) is 35.8. The van der Waals surface area contributed by atoms with Crippen molar-refractivity contribution in [1.82, 2.24) is 15.2 Å². The number of carbonyl (C=O) groups excluding carboxylic acids is 1. The topological polar surface area (TPSA) is 156 Å². The molecule has 0 radical (unpaired) electrons. The van der Waals surface area contributed by atoms with E-state index >= 15 is 0 Å². The number of carbonyl (C=O) groups is 1. The Hall–Kier alpha value is -3.38. The summed E-state index contributed by atoms with van der Waals surface area (Å²) < 4.78 is 6.28. The van der Waals surface area contributed by atoms with Crippen LogP contribution in [0.25, 0.3) is 11.1 Å². The van der Waals surface area contributed by atoms with Gasteiger partial charge in [0.05, 0.1) is 12.7 Å². The SMILES string of the molecule is CCCN(C[C@H](O)[C@@H](O)[C@H](O)[C@H](O)CO)C(=O)CCCC(C)c1ccc(C)c(CNC2(c3cnccc3-c3ccccc3OC3CC3)CC2)c1. The zero-order valence-electron chi connectivity index (χ0n) is 29.7. The number of ether oxygens (including phenoxy) is 1. The standard InChI is InChI=1S/C40H55N3O7/c1-4-20-43(24-34(45)38(48)39(49)35(46)25-44)37(47)11-7-8-26(2)28-13-12-27(3)29(21-28)22-42-40(17-18-40)33-23-41-19-16-31(33)32-9-5-6-10-36(32)50-30-14-15-30/h5-6,9-10,12-13,16,19,21,23,26,30,34-35,38-39,42,44-46,48-49H,4,7-8,11,14-15,17-18,20,22,24-25H2,1-3H3/t26?,34-,35+,38+,39+/m0/s1. The van der Waals surface area contributed by atoms with Crippen LogP contribution >= 0.6 is 0 Å². The monoisotopic (exact) mass is 689 g/mol. The molecule has 0 spiro atoms. The average molecular weight is 690 g/mol. The van der Waals surface area contributed by atoms with Crippen molar-refractivity contribution in [3.63, 3.8) is 0 Å². The van der Waals surface area contributed by atoms with Crippen molar-refractivity contribution in [1.29, 1.82) is 0 Å². The maximum absolute atomic E-state index is 13.1. The van der Waals surface area contributed by atoms with E-state index in [1.54, 1.807) is 0 Å². The van der Waals surface area contributed by atoms with Gasteiger partial charge in [0.15, 0.2) is 0 Å². The third-order valence-corrected chi connectivity index (χ3v) is 10.2. The minimum Gasteiger partial charge on any atom is -0.490 e. The van der Waals surface area contributed by atoms with Gasteiger partial charge in [-0.25, -0.2) is 0 Å². The molecule has 3 aromatic rings. The highest BCUT2D eigenvalue weighted by Gasteiger charge is 2.46. The lowest BCUT2D eigenvalue weighted by molar-refractivity contribution is -0.139. The second-order valence-electron chi connectivity index (χ2n) is 14.3. The maximum atomic E-state index is 13.1. The number of nitrogens with one attached hydrogen (secondary N) is 1. The molecule has 0 aliphatic heterocycles. The van der Waals surface area contributed by atoms with Crippen LogP contribution in [0.15, 0.2) is 60.9 Å². The van der Waals surface area contributed by atoms with Crippen LogP contribution in [0.4, 0.5) is 0 Å². The Labute approximate surface area is 296 Å². The lowest BCUT2D eigenvalue weighted by Gasteiger charge is -2.30. The molecule has 2 aliphatic rings. The van der Waals surface area contributed by atoms with Crippen molar-refractivity contribution in [2.24, 2.45) is 0 Å². The van der Waals surface area contributed by atoms with E-state index in [4.69, 9.17) is 9.84 Å². The Morgan fingerprint density at radius 1 is 1.04 bits per heavy atom. The van der Waals surface area contributed by atoms with Crippen LogP contribution in [0.2, 0.25) is 0 Å². The van der Waals surface area contributed by atoms with Gasteiger partial charge in [-0.15, -0.1) is 0 Å². The van der Waals surface area contributed by atoms with Crippen molar-refractivity contribution in [3.05, 3.63) is 83.2 Å². The highest BCUT2D eigenvalue weighted by molar-refractivity contribution is 5.76. The Bertz CT molecular complexity index is 1560. The molecule has 2 fully saturated rings. The van der Waals surface area contributed by atoms with Gasteiger partial charge in [0.2, 0.25) is 5.91 Å². The molecule has 5 atom stereocenters. The van der Waals surface area contributed by atoms with Crippen LogP contribution in [0.5, 0.6) is 5.75 Å². The number of pyridine rings is 1. The van der Waals surface area contributed by atoms with Crippen LogP contribution in [-0.2, 0) is 16.9 Å². The second kappa shape index (κ2) is 17.2. The predicted molar refractivity (Wildman–Crippen MR) is 193 cm³/mol. The molecule has 10 heteroatoms. The summed E-state index contributed by atoms with van der Waals surface area (Å²) in [6.07, 6.45) is 4.44. The molecular formula is C40H55N3O7. The molecule has 50 heavy (non-hydrogen) atoms. The Morgan fingerprint density at radius 2 is 1.78 bits per heavy atom. The van der Waals surface area contributed by atoms with E-state index in [1.165, 1.54) is 27.2 Å². The van der Waals surface area contributed by atoms with Gasteiger partial charge in [-0.3, -0.25) is 9.78 Å². The molecule has 1 unspecified atom stereocenters. The highest BCUT2D eigenvalue weighted by atomic mass is 16.5. The van der Waals surface area contributed by atoms with Gasteiger partial charge in [0.1, 0.15) is 30.2 Å². The van der Waals surface area contributed by atoms with Gasteiger partial charge in [-0.05, 0) is 97.7 Å². The van der Waals surface area contributed by atoms with Crippen molar-refractivity contribution in [2.45, 2.75) is 121 Å². The number of nitrogens with zero attached hydrogens (tertiary/aromatic N) is 2. The Morgan fingerprint density at radius 3 is 2.48 bits per heavy atom. The maximum Gasteiger partial charge on any atom is 0.222 e. The molecule has 1 amide bonds. The van der Waals surface area contributed by atoms with E-state index in [2.05, 4.69) is 66.6 Å². The Balaban J connectivity index is 1.18. The fourth-order valence-corrected chi connectivity index (χ4v) is 6.66. The Kier molecular flexibility index (Phi) is 13.0. The van der Waals surface area contributed by atoms with E-state index in [9.17, 15) is 25.2 Å². The molecule has 2 aliphatic carbocycles. The van der Waals surface area contributed by atoms with E-state index < -0.39 is 31.0 Å². The number of hydrogen-bond donors (Lipinski definition) is 6. The van der Waals surface area contributed by atoms with Crippen LogP contribution < -0.4 is 10.1 Å². The number of aromatic nitrogens is 1. The first kappa shape index (κ1) is 37.9. The fourth-order valence-electron chi connectivity index (χ4n) is 6.66. The number of rotatable bonds is 20. The zero-order valence-corrected chi connectivity index (χ0v) is 29.7. The van der Waals surface area contributed by atoms with Gasteiger partial charge < -0.3 is 40.5 Å². The molecule has 1 heterocycles. The number of aliphatic hydroxyl groups excluding tert-OH is 5. The summed E-state index contributed by atoms with van der Waals surface area (Å²) in [4.78, 5) is 19.1. The summed E-state index contributed by atoms with van der Waals surface area (Å²) in [6.45, 7) is 6.44. The summed E-state index contributed by atoms with van der Waals surface area (Å²) in [6, 6.07) is 17.0. The number of benzene rings is 2. The first-order valence-electron chi connectivity index (χ1n) is 18.2. The molecule has 0 bridgehead atoms. The summed E-state index contributed by atoms with van der Waals surface area (Å²) in [5, 5.41) is 53.2.